The lowest BCUT2D eigenvalue weighted by Gasteiger charge is -2.12. The number of aryl methyl sites for hydroxylation is 2. The molecule has 2 N–H and O–H groups in total. The monoisotopic (exact) mass is 448 g/mol. The fourth-order valence-corrected chi connectivity index (χ4v) is 3.22. The Morgan fingerprint density at radius 1 is 0.618 bits per heavy atom. The number of benzene rings is 4. The molecule has 0 aromatic heterocycles. The van der Waals surface area contributed by atoms with Gasteiger partial charge in [0.2, 0.25) is 0 Å². The Kier molecular flexibility index (Phi) is 6.89. The molecule has 0 saturated carbocycles. The first-order valence-corrected chi connectivity index (χ1v) is 10.8. The van der Waals surface area contributed by atoms with Gasteiger partial charge < -0.3 is 10.6 Å². The summed E-state index contributed by atoms with van der Waals surface area (Å²) < 4.78 is 0. The number of carbonyl (C=O) groups is 2. The summed E-state index contributed by atoms with van der Waals surface area (Å²) in [6.45, 7) is 3.93. The Bertz CT molecular complexity index is 1330. The van der Waals surface area contributed by atoms with E-state index in [1.165, 1.54) is 0 Å². The van der Waals surface area contributed by atoms with Crippen molar-refractivity contribution in [1.29, 1.82) is 0 Å². The van der Waals surface area contributed by atoms with Crippen LogP contribution in [-0.4, -0.2) is 11.8 Å². The van der Waals surface area contributed by atoms with E-state index in [0.29, 0.717) is 33.9 Å². The molecular weight excluding hydrogens is 424 g/mol. The van der Waals surface area contributed by atoms with Crippen molar-refractivity contribution in [2.24, 2.45) is 10.2 Å². The van der Waals surface area contributed by atoms with Gasteiger partial charge in [0.05, 0.1) is 11.4 Å². The van der Waals surface area contributed by atoms with E-state index >= 15 is 0 Å². The number of carbonyl (C=O) groups excluding carboxylic acids is 2. The van der Waals surface area contributed by atoms with Gasteiger partial charge in [0.15, 0.2) is 0 Å². The fraction of sp³-hybridized carbons (Fsp3) is 0.0714. The molecule has 0 fully saturated rings. The Morgan fingerprint density at radius 3 is 1.76 bits per heavy atom. The standard InChI is InChI=1S/C28H24N4O2/c1-19-8-12-21(13-9-19)27(33)29-24-16-17-25(32-31-23-6-4-3-5-7-23)26(18-24)30-28(34)22-14-10-20(2)11-15-22/h3-18H,1-2H3,(H,29,33)(H,30,34). The molecular formula is C28H24N4O2. The van der Waals surface area contributed by atoms with Crippen LogP contribution in [0.5, 0.6) is 0 Å². The van der Waals surface area contributed by atoms with Gasteiger partial charge in [0.25, 0.3) is 11.8 Å². The molecule has 2 amide bonds. The van der Waals surface area contributed by atoms with Crippen LogP contribution in [0.15, 0.2) is 107 Å². The minimum atomic E-state index is -0.279. The predicted molar refractivity (Wildman–Crippen MR) is 135 cm³/mol. The van der Waals surface area contributed by atoms with Crippen molar-refractivity contribution in [3.05, 3.63) is 119 Å². The second-order valence-corrected chi connectivity index (χ2v) is 7.91. The molecule has 0 bridgehead atoms. The Hall–Kier alpha value is -4.58. The van der Waals surface area contributed by atoms with Crippen LogP contribution in [0.2, 0.25) is 0 Å². The molecule has 0 radical (unpaired) electrons. The number of nitrogens with one attached hydrogen (secondary N) is 2. The van der Waals surface area contributed by atoms with Crippen LogP contribution in [0.4, 0.5) is 22.7 Å². The van der Waals surface area contributed by atoms with Gasteiger partial charge >= 0.3 is 0 Å². The van der Waals surface area contributed by atoms with Crippen molar-refractivity contribution in [1.82, 2.24) is 0 Å². The van der Waals surface area contributed by atoms with E-state index in [-0.39, 0.29) is 11.8 Å². The molecule has 6 heteroatoms. The maximum absolute atomic E-state index is 12.9. The highest BCUT2D eigenvalue weighted by Crippen LogP contribution is 2.31. The first-order chi connectivity index (χ1) is 16.5. The first kappa shape index (κ1) is 22.6. The van der Waals surface area contributed by atoms with E-state index < -0.39 is 0 Å². The Labute approximate surface area is 198 Å². The third kappa shape index (κ3) is 5.81. The number of amides is 2. The predicted octanol–water partition coefficient (Wildman–Crippen LogP) is 7.22. The van der Waals surface area contributed by atoms with E-state index in [1.807, 2.05) is 68.4 Å². The molecule has 4 aromatic carbocycles. The maximum atomic E-state index is 12.9. The quantitative estimate of drug-likeness (QED) is 0.305. The summed E-state index contributed by atoms with van der Waals surface area (Å²) in [5.41, 5.74) is 5.33. The van der Waals surface area contributed by atoms with Gasteiger partial charge in [-0.1, -0.05) is 53.6 Å². The highest BCUT2D eigenvalue weighted by molar-refractivity contribution is 6.07. The zero-order chi connectivity index (χ0) is 23.9. The number of hydrogen-bond donors (Lipinski definition) is 2. The van der Waals surface area contributed by atoms with Crippen LogP contribution < -0.4 is 10.6 Å². The second kappa shape index (κ2) is 10.4. The van der Waals surface area contributed by atoms with E-state index in [1.54, 1.807) is 42.5 Å². The highest BCUT2D eigenvalue weighted by Gasteiger charge is 2.12. The fourth-order valence-electron chi connectivity index (χ4n) is 3.22. The molecule has 168 valence electrons. The molecule has 0 aliphatic rings. The zero-order valence-electron chi connectivity index (χ0n) is 18.9. The van der Waals surface area contributed by atoms with Crippen LogP contribution >= 0.6 is 0 Å². The summed E-state index contributed by atoms with van der Waals surface area (Å²) in [6.07, 6.45) is 0. The summed E-state index contributed by atoms with van der Waals surface area (Å²) in [6, 6.07) is 29.0. The van der Waals surface area contributed by atoms with Gasteiger partial charge in [0.1, 0.15) is 5.69 Å². The van der Waals surface area contributed by atoms with Crippen LogP contribution in [0.25, 0.3) is 0 Å². The molecule has 34 heavy (non-hydrogen) atoms. The SMILES string of the molecule is Cc1ccc(C(=O)Nc2ccc(N=Nc3ccccc3)c(NC(=O)c3ccc(C)cc3)c2)cc1. The van der Waals surface area contributed by atoms with Crippen molar-refractivity contribution in [2.45, 2.75) is 13.8 Å². The maximum Gasteiger partial charge on any atom is 0.255 e. The molecule has 0 spiro atoms. The van der Waals surface area contributed by atoms with Crippen molar-refractivity contribution in [3.8, 4) is 0 Å². The molecule has 0 unspecified atom stereocenters. The number of nitrogens with zero attached hydrogens (tertiary/aromatic N) is 2. The molecule has 0 atom stereocenters. The van der Waals surface area contributed by atoms with Crippen molar-refractivity contribution in [3.63, 3.8) is 0 Å². The third-order valence-corrected chi connectivity index (χ3v) is 5.16. The lowest BCUT2D eigenvalue weighted by molar-refractivity contribution is 0.101. The minimum absolute atomic E-state index is 0.241. The van der Waals surface area contributed by atoms with Crippen LogP contribution in [0.1, 0.15) is 31.8 Å². The Morgan fingerprint density at radius 2 is 1.18 bits per heavy atom. The molecule has 6 nitrogen and oxygen atoms in total. The van der Waals surface area contributed by atoms with E-state index in [9.17, 15) is 9.59 Å². The van der Waals surface area contributed by atoms with Gasteiger partial charge in [-0.2, -0.15) is 5.11 Å². The smallest absolute Gasteiger partial charge is 0.255 e. The van der Waals surface area contributed by atoms with Crippen LogP contribution in [0.3, 0.4) is 0 Å². The normalized spacial score (nSPS) is 10.8. The first-order valence-electron chi connectivity index (χ1n) is 10.8. The Balaban J connectivity index is 1.62. The number of azo groups is 1. The summed E-state index contributed by atoms with van der Waals surface area (Å²) in [4.78, 5) is 25.5. The van der Waals surface area contributed by atoms with Gasteiger partial charge in [-0.05, 0) is 68.4 Å². The van der Waals surface area contributed by atoms with Gasteiger partial charge in [-0.15, -0.1) is 5.11 Å². The van der Waals surface area contributed by atoms with Gasteiger partial charge in [-0.3, -0.25) is 9.59 Å². The van der Waals surface area contributed by atoms with Gasteiger partial charge in [-0.25, -0.2) is 0 Å². The third-order valence-electron chi connectivity index (χ3n) is 5.16. The zero-order valence-corrected chi connectivity index (χ0v) is 18.9. The van der Waals surface area contributed by atoms with E-state index in [4.69, 9.17) is 0 Å². The average molecular weight is 449 g/mol. The van der Waals surface area contributed by atoms with E-state index in [0.717, 1.165) is 11.1 Å². The molecule has 0 aliphatic heterocycles. The van der Waals surface area contributed by atoms with E-state index in [2.05, 4.69) is 20.9 Å². The summed E-state index contributed by atoms with van der Waals surface area (Å²) in [5, 5.41) is 14.4. The molecule has 4 aromatic rings. The summed E-state index contributed by atoms with van der Waals surface area (Å²) >= 11 is 0. The largest absolute Gasteiger partial charge is 0.322 e. The molecule has 0 heterocycles. The van der Waals surface area contributed by atoms with Crippen LogP contribution in [-0.2, 0) is 0 Å². The number of rotatable bonds is 6. The lowest BCUT2D eigenvalue weighted by Crippen LogP contribution is -2.14. The number of anilines is 2. The van der Waals surface area contributed by atoms with Crippen molar-refractivity contribution < 1.29 is 9.59 Å². The topological polar surface area (TPSA) is 82.9 Å². The van der Waals surface area contributed by atoms with Gasteiger partial charge in [0, 0.05) is 16.8 Å². The van der Waals surface area contributed by atoms with Crippen LogP contribution in [0, 0.1) is 13.8 Å². The average Bonchev–Trinajstić information content (AvgIpc) is 2.85. The minimum Gasteiger partial charge on any atom is -0.322 e. The summed E-state index contributed by atoms with van der Waals surface area (Å²) in [5.74, 6) is -0.521. The van der Waals surface area contributed by atoms with Crippen molar-refractivity contribution in [2.75, 3.05) is 10.6 Å². The molecule has 0 saturated heterocycles. The second-order valence-electron chi connectivity index (χ2n) is 7.91. The molecule has 4 rings (SSSR count). The lowest BCUT2D eigenvalue weighted by atomic mass is 10.1. The summed E-state index contributed by atoms with van der Waals surface area (Å²) in [7, 11) is 0. The number of hydrogen-bond acceptors (Lipinski definition) is 4. The molecule has 0 aliphatic carbocycles. The highest BCUT2D eigenvalue weighted by atomic mass is 16.2. The van der Waals surface area contributed by atoms with Crippen molar-refractivity contribution >= 4 is 34.6 Å².